The molecule has 0 aromatic rings. The van der Waals surface area contributed by atoms with Gasteiger partial charge in [-0.15, -0.1) is 0 Å². The maximum Gasteiger partial charge on any atom is 0.233 e. The number of likely N-dealkylation sites (tertiary alicyclic amines) is 1. The molecular formula is C18H26N2O3. The quantitative estimate of drug-likeness (QED) is 0.491. The van der Waals surface area contributed by atoms with Gasteiger partial charge < -0.3 is 5.32 Å². The zero-order valence-electron chi connectivity index (χ0n) is 13.6. The van der Waals surface area contributed by atoms with Crippen LogP contribution in [-0.2, 0) is 14.4 Å². The number of carbonyl (C=O) groups is 3. The van der Waals surface area contributed by atoms with E-state index in [-0.39, 0.29) is 48.6 Å². The Morgan fingerprint density at radius 2 is 1.57 bits per heavy atom. The van der Waals surface area contributed by atoms with Gasteiger partial charge in [0.05, 0.1) is 11.8 Å². The van der Waals surface area contributed by atoms with Gasteiger partial charge in [-0.3, -0.25) is 19.3 Å². The molecule has 2 fully saturated rings. The molecule has 23 heavy (non-hydrogen) atoms. The number of hydrogen-bond donors (Lipinski definition) is 1. The Hall–Kier alpha value is -1.65. The van der Waals surface area contributed by atoms with Crippen LogP contribution in [0, 0.1) is 11.8 Å². The van der Waals surface area contributed by atoms with Crippen molar-refractivity contribution in [1.29, 1.82) is 0 Å². The predicted octanol–water partition coefficient (Wildman–Crippen LogP) is 2.17. The van der Waals surface area contributed by atoms with Gasteiger partial charge in [-0.05, 0) is 25.7 Å². The minimum atomic E-state index is -0.197. The highest BCUT2D eigenvalue weighted by molar-refractivity contribution is 6.05. The summed E-state index contributed by atoms with van der Waals surface area (Å²) >= 11 is 0. The molecule has 1 saturated heterocycles. The van der Waals surface area contributed by atoms with Crippen LogP contribution in [0.1, 0.15) is 57.8 Å². The van der Waals surface area contributed by atoms with E-state index in [1.165, 1.54) is 30.6 Å². The van der Waals surface area contributed by atoms with Crippen LogP contribution in [-0.4, -0.2) is 35.2 Å². The van der Waals surface area contributed by atoms with Crippen LogP contribution in [0.5, 0.6) is 0 Å². The van der Waals surface area contributed by atoms with E-state index in [2.05, 4.69) is 5.32 Å². The summed E-state index contributed by atoms with van der Waals surface area (Å²) in [5.41, 5.74) is 0. The Bertz CT molecular complexity index is 480. The summed E-state index contributed by atoms with van der Waals surface area (Å²) < 4.78 is 0. The third-order valence-electron chi connectivity index (χ3n) is 5.38. The van der Waals surface area contributed by atoms with E-state index in [0.29, 0.717) is 12.8 Å². The molecule has 1 saturated carbocycles. The summed E-state index contributed by atoms with van der Waals surface area (Å²) in [7, 11) is 0. The van der Waals surface area contributed by atoms with Gasteiger partial charge in [-0.2, -0.15) is 0 Å². The zero-order chi connectivity index (χ0) is 16.2. The highest BCUT2D eigenvalue weighted by Crippen LogP contribution is 2.34. The number of amides is 3. The molecule has 0 radical (unpaired) electrons. The van der Waals surface area contributed by atoms with Gasteiger partial charge in [0, 0.05) is 19.0 Å². The number of fused-ring (bicyclic) bond motifs is 1. The number of hydrogen-bond acceptors (Lipinski definition) is 3. The van der Waals surface area contributed by atoms with Gasteiger partial charge in [0.25, 0.3) is 0 Å². The van der Waals surface area contributed by atoms with Crippen molar-refractivity contribution in [2.45, 2.75) is 63.8 Å². The summed E-state index contributed by atoms with van der Waals surface area (Å²) in [4.78, 5) is 38.1. The fourth-order valence-electron chi connectivity index (χ4n) is 4.03. The minimum Gasteiger partial charge on any atom is -0.353 e. The SMILES string of the molecule is O=C(CCN1C(=O)[C@@H]2CC=CC[C@H]2C1=O)NC1CCCCCC1. The van der Waals surface area contributed by atoms with Gasteiger partial charge in [0.2, 0.25) is 17.7 Å². The molecule has 1 N–H and O–H groups in total. The van der Waals surface area contributed by atoms with Crippen molar-refractivity contribution in [3.05, 3.63) is 12.2 Å². The number of allylic oxidation sites excluding steroid dienone is 2. The number of nitrogens with zero attached hydrogens (tertiary/aromatic N) is 1. The van der Waals surface area contributed by atoms with E-state index >= 15 is 0 Å². The van der Waals surface area contributed by atoms with Crippen LogP contribution in [0.4, 0.5) is 0 Å². The molecule has 2 aliphatic carbocycles. The van der Waals surface area contributed by atoms with E-state index in [1.807, 2.05) is 12.2 Å². The molecule has 3 aliphatic rings. The first-order valence-corrected chi connectivity index (χ1v) is 8.96. The molecule has 0 bridgehead atoms. The monoisotopic (exact) mass is 318 g/mol. The lowest BCUT2D eigenvalue weighted by atomic mass is 9.85. The summed E-state index contributed by atoms with van der Waals surface area (Å²) in [5, 5.41) is 3.07. The number of imide groups is 1. The maximum absolute atomic E-state index is 12.3. The van der Waals surface area contributed by atoms with E-state index in [1.54, 1.807) is 0 Å². The molecule has 2 atom stereocenters. The van der Waals surface area contributed by atoms with E-state index in [0.717, 1.165) is 12.8 Å². The summed E-state index contributed by atoms with van der Waals surface area (Å²) in [6, 6.07) is 0.266. The average molecular weight is 318 g/mol. The number of nitrogens with one attached hydrogen (secondary N) is 1. The zero-order valence-corrected chi connectivity index (χ0v) is 13.6. The Kier molecular flexibility index (Phi) is 5.13. The molecule has 3 amide bonds. The van der Waals surface area contributed by atoms with Crippen LogP contribution in [0.3, 0.4) is 0 Å². The van der Waals surface area contributed by atoms with E-state index in [4.69, 9.17) is 0 Å². The van der Waals surface area contributed by atoms with Crippen molar-refractivity contribution in [3.8, 4) is 0 Å². The fourth-order valence-corrected chi connectivity index (χ4v) is 4.03. The van der Waals surface area contributed by atoms with Gasteiger partial charge in [-0.1, -0.05) is 37.8 Å². The van der Waals surface area contributed by atoms with Crippen LogP contribution in [0.2, 0.25) is 0 Å². The van der Waals surface area contributed by atoms with Gasteiger partial charge in [0.15, 0.2) is 0 Å². The summed E-state index contributed by atoms with van der Waals surface area (Å²) in [6.45, 7) is 0.225. The number of carbonyl (C=O) groups excluding carboxylic acids is 3. The Morgan fingerprint density at radius 1 is 1.00 bits per heavy atom. The summed E-state index contributed by atoms with van der Waals surface area (Å²) in [6.07, 6.45) is 12.4. The second kappa shape index (κ2) is 7.28. The van der Waals surface area contributed by atoms with Crippen molar-refractivity contribution in [3.63, 3.8) is 0 Å². The Morgan fingerprint density at radius 3 is 2.13 bits per heavy atom. The largest absolute Gasteiger partial charge is 0.353 e. The van der Waals surface area contributed by atoms with Crippen molar-refractivity contribution in [1.82, 2.24) is 10.2 Å². The average Bonchev–Trinajstić information content (AvgIpc) is 2.74. The molecule has 1 heterocycles. The predicted molar refractivity (Wildman–Crippen MR) is 86.3 cm³/mol. The number of rotatable bonds is 4. The molecule has 3 rings (SSSR count). The summed E-state index contributed by atoms with van der Waals surface area (Å²) in [5.74, 6) is -0.612. The van der Waals surface area contributed by atoms with Gasteiger partial charge in [0.1, 0.15) is 0 Å². The normalized spacial score (nSPS) is 28.6. The lowest BCUT2D eigenvalue weighted by molar-refractivity contribution is -0.140. The third-order valence-corrected chi connectivity index (χ3v) is 5.38. The highest BCUT2D eigenvalue weighted by Gasteiger charge is 2.46. The van der Waals surface area contributed by atoms with E-state index < -0.39 is 0 Å². The molecule has 5 nitrogen and oxygen atoms in total. The minimum absolute atomic E-state index is 0.0366. The van der Waals surface area contributed by atoms with Crippen molar-refractivity contribution < 1.29 is 14.4 Å². The van der Waals surface area contributed by atoms with Crippen LogP contribution in [0.15, 0.2) is 12.2 Å². The molecule has 0 aromatic carbocycles. The molecule has 1 aliphatic heterocycles. The first kappa shape index (κ1) is 16.2. The van der Waals surface area contributed by atoms with Crippen molar-refractivity contribution in [2.75, 3.05) is 6.54 Å². The fraction of sp³-hybridized carbons (Fsp3) is 0.722. The molecule has 0 spiro atoms. The second-order valence-corrected chi connectivity index (χ2v) is 6.99. The Balaban J connectivity index is 1.49. The smallest absolute Gasteiger partial charge is 0.233 e. The lowest BCUT2D eigenvalue weighted by Gasteiger charge is -2.18. The maximum atomic E-state index is 12.3. The van der Waals surface area contributed by atoms with E-state index in [9.17, 15) is 14.4 Å². The lowest BCUT2D eigenvalue weighted by Crippen LogP contribution is -2.38. The first-order valence-electron chi connectivity index (χ1n) is 8.96. The standard InChI is InChI=1S/C18H26N2O3/c21-16(19-13-7-3-1-2-4-8-13)11-12-20-17(22)14-9-5-6-10-15(14)18(20)23/h5-6,13-15H,1-4,7-12H2,(H,19,21)/t14-,15-/m1/s1. The third kappa shape index (κ3) is 3.65. The van der Waals surface area contributed by atoms with Crippen LogP contribution < -0.4 is 5.32 Å². The highest BCUT2D eigenvalue weighted by atomic mass is 16.2. The van der Waals surface area contributed by atoms with Crippen LogP contribution >= 0.6 is 0 Å². The molecule has 0 aromatic heterocycles. The molecule has 126 valence electrons. The van der Waals surface area contributed by atoms with Gasteiger partial charge >= 0.3 is 0 Å². The van der Waals surface area contributed by atoms with Gasteiger partial charge in [-0.25, -0.2) is 0 Å². The van der Waals surface area contributed by atoms with Crippen molar-refractivity contribution >= 4 is 17.7 Å². The second-order valence-electron chi connectivity index (χ2n) is 6.99. The Labute approximate surface area is 137 Å². The molecule has 5 heteroatoms. The van der Waals surface area contributed by atoms with Crippen LogP contribution in [0.25, 0.3) is 0 Å². The first-order chi connectivity index (χ1) is 11.2. The van der Waals surface area contributed by atoms with Crippen molar-refractivity contribution in [2.24, 2.45) is 11.8 Å². The topological polar surface area (TPSA) is 66.5 Å². The molecule has 0 unspecified atom stereocenters. The molecular weight excluding hydrogens is 292 g/mol.